The van der Waals surface area contributed by atoms with E-state index in [4.69, 9.17) is 0 Å². The quantitative estimate of drug-likeness (QED) is 0.879. The normalized spacial score (nSPS) is 13.4. The molecule has 2 N–H and O–H groups in total. The maximum Gasteiger partial charge on any atom is 0.131 e. The minimum atomic E-state index is -0.459. The third kappa shape index (κ3) is 3.45. The Hall–Kier alpha value is -1.23. The van der Waals surface area contributed by atoms with Crippen LogP contribution in [0.4, 0.5) is 4.39 Å². The van der Waals surface area contributed by atoms with Crippen molar-refractivity contribution in [2.45, 2.75) is 39.0 Å². The van der Waals surface area contributed by atoms with E-state index in [2.05, 4.69) is 5.32 Å². The minimum Gasteiger partial charge on any atom is -0.392 e. The van der Waals surface area contributed by atoms with E-state index in [1.54, 1.807) is 13.0 Å². The van der Waals surface area contributed by atoms with Gasteiger partial charge >= 0.3 is 0 Å². The first-order chi connectivity index (χ1) is 9.40. The molecule has 1 aromatic carbocycles. The molecule has 1 heterocycles. The number of nitrogens with one attached hydrogen (secondary N) is 1. The highest BCUT2D eigenvalue weighted by molar-refractivity contribution is 7.13. The number of halogens is 1. The highest BCUT2D eigenvalue weighted by Crippen LogP contribution is 2.28. The summed E-state index contributed by atoms with van der Waals surface area (Å²) in [6.45, 7) is 6.24. The molecular formula is C16H20FNOS. The Balaban J connectivity index is 2.17. The van der Waals surface area contributed by atoms with E-state index < -0.39 is 6.10 Å². The molecule has 0 saturated carbocycles. The SMILES string of the molecule is CC(O)C(C)(C)NCc1ccc(F)c(-c2cccs2)c1. The molecule has 4 heteroatoms. The number of aliphatic hydroxyl groups excluding tert-OH is 1. The van der Waals surface area contributed by atoms with Gasteiger partial charge in [-0.3, -0.25) is 0 Å². The fraction of sp³-hybridized carbons (Fsp3) is 0.375. The standard InChI is InChI=1S/C16H20FNOS/c1-11(19)16(2,3)18-10-12-6-7-14(17)13(9-12)15-5-4-8-20-15/h4-9,11,18-19H,10H2,1-3H3. The molecule has 0 spiro atoms. The van der Waals surface area contributed by atoms with Gasteiger partial charge in [0, 0.05) is 22.5 Å². The summed E-state index contributed by atoms with van der Waals surface area (Å²) in [6.07, 6.45) is -0.459. The summed E-state index contributed by atoms with van der Waals surface area (Å²) in [6, 6.07) is 8.98. The van der Waals surface area contributed by atoms with Crippen LogP contribution < -0.4 is 5.32 Å². The molecule has 0 amide bonds. The molecule has 108 valence electrons. The number of rotatable bonds is 5. The van der Waals surface area contributed by atoms with E-state index in [-0.39, 0.29) is 11.4 Å². The van der Waals surface area contributed by atoms with Gasteiger partial charge in [0.15, 0.2) is 0 Å². The van der Waals surface area contributed by atoms with Crippen LogP contribution in [0.5, 0.6) is 0 Å². The van der Waals surface area contributed by atoms with Crippen LogP contribution in [0.15, 0.2) is 35.7 Å². The second-order valence-electron chi connectivity index (χ2n) is 5.54. The van der Waals surface area contributed by atoms with Crippen molar-refractivity contribution in [1.82, 2.24) is 5.32 Å². The van der Waals surface area contributed by atoms with Gasteiger partial charge in [-0.05, 0) is 49.9 Å². The molecule has 20 heavy (non-hydrogen) atoms. The molecular weight excluding hydrogens is 273 g/mol. The van der Waals surface area contributed by atoms with Crippen molar-refractivity contribution in [3.8, 4) is 10.4 Å². The van der Waals surface area contributed by atoms with Gasteiger partial charge in [0.05, 0.1) is 6.10 Å². The van der Waals surface area contributed by atoms with Gasteiger partial charge in [0.25, 0.3) is 0 Å². The van der Waals surface area contributed by atoms with Crippen LogP contribution in [0.3, 0.4) is 0 Å². The zero-order chi connectivity index (χ0) is 14.8. The molecule has 0 saturated heterocycles. The van der Waals surface area contributed by atoms with Crippen molar-refractivity contribution in [1.29, 1.82) is 0 Å². The Kier molecular flexibility index (Phi) is 4.58. The van der Waals surface area contributed by atoms with E-state index in [9.17, 15) is 9.50 Å². The average molecular weight is 293 g/mol. The Bertz CT molecular complexity index is 564. The van der Waals surface area contributed by atoms with Crippen molar-refractivity contribution in [3.05, 3.63) is 47.1 Å². The van der Waals surface area contributed by atoms with Crippen molar-refractivity contribution in [2.24, 2.45) is 0 Å². The third-order valence-corrected chi connectivity index (χ3v) is 4.51. The molecule has 0 aliphatic rings. The minimum absolute atomic E-state index is 0.203. The van der Waals surface area contributed by atoms with Crippen molar-refractivity contribution in [3.63, 3.8) is 0 Å². The van der Waals surface area contributed by atoms with Crippen LogP contribution in [-0.2, 0) is 6.54 Å². The molecule has 0 fully saturated rings. The van der Waals surface area contributed by atoms with Crippen LogP contribution in [0.2, 0.25) is 0 Å². The van der Waals surface area contributed by atoms with E-state index in [0.29, 0.717) is 12.1 Å². The van der Waals surface area contributed by atoms with Crippen LogP contribution >= 0.6 is 11.3 Å². The van der Waals surface area contributed by atoms with Crippen molar-refractivity contribution in [2.75, 3.05) is 0 Å². The average Bonchev–Trinajstić information content (AvgIpc) is 2.91. The van der Waals surface area contributed by atoms with Crippen LogP contribution in [-0.4, -0.2) is 16.7 Å². The smallest absolute Gasteiger partial charge is 0.131 e. The largest absolute Gasteiger partial charge is 0.392 e. The van der Waals surface area contributed by atoms with Crippen molar-refractivity contribution >= 4 is 11.3 Å². The lowest BCUT2D eigenvalue weighted by Gasteiger charge is -2.29. The van der Waals surface area contributed by atoms with Crippen molar-refractivity contribution < 1.29 is 9.50 Å². The lowest BCUT2D eigenvalue weighted by Crippen LogP contribution is -2.47. The van der Waals surface area contributed by atoms with E-state index in [1.165, 1.54) is 17.4 Å². The van der Waals surface area contributed by atoms with Gasteiger partial charge in [-0.2, -0.15) is 0 Å². The molecule has 1 atom stereocenters. The van der Waals surface area contributed by atoms with Gasteiger partial charge in [-0.1, -0.05) is 12.1 Å². The lowest BCUT2D eigenvalue weighted by atomic mass is 9.98. The second-order valence-corrected chi connectivity index (χ2v) is 6.49. The highest BCUT2D eigenvalue weighted by atomic mass is 32.1. The molecule has 2 aromatic rings. The third-order valence-electron chi connectivity index (χ3n) is 3.61. The Morgan fingerprint density at radius 3 is 2.70 bits per heavy atom. The Labute approximate surface area is 123 Å². The predicted molar refractivity (Wildman–Crippen MR) is 82.3 cm³/mol. The van der Waals surface area contributed by atoms with Gasteiger partial charge in [0.2, 0.25) is 0 Å². The summed E-state index contributed by atoms with van der Waals surface area (Å²) < 4.78 is 13.9. The fourth-order valence-corrected chi connectivity index (χ4v) is 2.52. The van der Waals surface area contributed by atoms with E-state index in [1.807, 2.05) is 37.4 Å². The summed E-state index contributed by atoms with van der Waals surface area (Å²) in [5.41, 5.74) is 1.26. The van der Waals surface area contributed by atoms with E-state index in [0.717, 1.165) is 10.4 Å². The molecule has 0 aliphatic carbocycles. The number of hydrogen-bond donors (Lipinski definition) is 2. The molecule has 2 rings (SSSR count). The maximum absolute atomic E-state index is 13.9. The zero-order valence-corrected chi connectivity index (χ0v) is 12.8. The number of hydrogen-bond acceptors (Lipinski definition) is 3. The topological polar surface area (TPSA) is 32.3 Å². The summed E-state index contributed by atoms with van der Waals surface area (Å²) in [5.74, 6) is -0.203. The highest BCUT2D eigenvalue weighted by Gasteiger charge is 2.23. The van der Waals surface area contributed by atoms with Crippen LogP contribution in [0.1, 0.15) is 26.3 Å². The zero-order valence-electron chi connectivity index (χ0n) is 12.0. The number of benzene rings is 1. The van der Waals surface area contributed by atoms with Gasteiger partial charge in [-0.15, -0.1) is 11.3 Å². The Morgan fingerprint density at radius 2 is 2.10 bits per heavy atom. The number of thiophene rings is 1. The molecule has 0 radical (unpaired) electrons. The molecule has 2 nitrogen and oxygen atoms in total. The first-order valence-electron chi connectivity index (χ1n) is 6.65. The maximum atomic E-state index is 13.9. The first kappa shape index (κ1) is 15.2. The lowest BCUT2D eigenvalue weighted by molar-refractivity contribution is 0.0956. The summed E-state index contributed by atoms with van der Waals surface area (Å²) >= 11 is 1.53. The second kappa shape index (κ2) is 6.04. The van der Waals surface area contributed by atoms with E-state index >= 15 is 0 Å². The molecule has 1 unspecified atom stereocenters. The van der Waals surface area contributed by atoms with Crippen LogP contribution in [0.25, 0.3) is 10.4 Å². The molecule has 1 aromatic heterocycles. The molecule has 0 bridgehead atoms. The Morgan fingerprint density at radius 1 is 1.35 bits per heavy atom. The van der Waals surface area contributed by atoms with Crippen LogP contribution in [0, 0.1) is 5.82 Å². The number of aliphatic hydroxyl groups is 1. The monoisotopic (exact) mass is 293 g/mol. The summed E-state index contributed by atoms with van der Waals surface area (Å²) in [7, 11) is 0. The first-order valence-corrected chi connectivity index (χ1v) is 7.53. The van der Waals surface area contributed by atoms with Gasteiger partial charge in [-0.25, -0.2) is 4.39 Å². The van der Waals surface area contributed by atoms with Gasteiger partial charge in [0.1, 0.15) is 5.82 Å². The summed E-state index contributed by atoms with van der Waals surface area (Å²) in [4.78, 5) is 0.930. The fourth-order valence-electron chi connectivity index (χ4n) is 1.78. The summed E-state index contributed by atoms with van der Waals surface area (Å²) in [5, 5.41) is 14.9. The predicted octanol–water partition coefficient (Wildman–Crippen LogP) is 3.80. The molecule has 0 aliphatic heterocycles. The van der Waals surface area contributed by atoms with Gasteiger partial charge < -0.3 is 10.4 Å².